The molecule has 0 spiro atoms. The summed E-state index contributed by atoms with van der Waals surface area (Å²) in [6.07, 6.45) is 34.1. The average Bonchev–Trinajstić information content (AvgIpc) is 2.74. The fraction of sp³-hybridized carbons (Fsp3) is 1.00. The van der Waals surface area contributed by atoms with E-state index in [1.807, 2.05) is 0 Å². The summed E-state index contributed by atoms with van der Waals surface area (Å²) in [5.74, 6) is 0.777. The van der Waals surface area contributed by atoms with Crippen LogP contribution in [-0.2, 0) is 0 Å². The molecule has 0 rings (SSSR count). The maximum absolute atomic E-state index is 6.52. The van der Waals surface area contributed by atoms with Crippen molar-refractivity contribution in [3.05, 3.63) is 0 Å². The van der Waals surface area contributed by atoms with Crippen LogP contribution >= 0.6 is 22.2 Å². The highest BCUT2D eigenvalue weighted by molar-refractivity contribution is 7.44. The van der Waals surface area contributed by atoms with Gasteiger partial charge in [-0.25, -0.2) is 0 Å². The molecule has 32 heavy (non-hydrogen) atoms. The maximum Gasteiger partial charge on any atom is 0.248 e. The van der Waals surface area contributed by atoms with Crippen molar-refractivity contribution < 1.29 is 0 Å². The Hall–Kier alpha value is 0.797. The van der Waals surface area contributed by atoms with E-state index in [1.165, 1.54) is 154 Å². The lowest BCUT2D eigenvalue weighted by Gasteiger charge is -2.21. The Morgan fingerprint density at radius 1 is 0.438 bits per heavy atom. The van der Waals surface area contributed by atoms with E-state index < -0.39 is 6.69 Å². The van der Waals surface area contributed by atoms with Crippen molar-refractivity contribution >= 4 is 28.9 Å². The maximum atomic E-state index is 6.52. The van der Waals surface area contributed by atoms with Crippen LogP contribution in [0.2, 0.25) is 12.6 Å². The third-order valence-electron chi connectivity index (χ3n) is 7.08. The second kappa shape index (κ2) is 24.9. The van der Waals surface area contributed by atoms with Crippen LogP contribution in [0.25, 0.3) is 0 Å². The number of halogens is 2. The van der Waals surface area contributed by atoms with E-state index in [-0.39, 0.29) is 0 Å². The van der Waals surface area contributed by atoms with Crippen molar-refractivity contribution in [3.8, 4) is 0 Å². The molecule has 0 amide bonds. The third-order valence-corrected chi connectivity index (χ3v) is 9.30. The first-order chi connectivity index (χ1) is 15.5. The van der Waals surface area contributed by atoms with Crippen molar-refractivity contribution in [1.82, 2.24) is 0 Å². The quantitative estimate of drug-likeness (QED) is 0.0620. The smallest absolute Gasteiger partial charge is 0.146 e. The van der Waals surface area contributed by atoms with Gasteiger partial charge >= 0.3 is 0 Å². The number of rotatable bonds is 26. The summed E-state index contributed by atoms with van der Waals surface area (Å²) in [5.41, 5.74) is 0. The number of hydrogen-bond donors (Lipinski definition) is 0. The van der Waals surface area contributed by atoms with Crippen LogP contribution in [0, 0.1) is 5.92 Å². The van der Waals surface area contributed by atoms with E-state index in [4.69, 9.17) is 22.2 Å². The lowest BCUT2D eigenvalue weighted by molar-refractivity contribution is 0.428. The summed E-state index contributed by atoms with van der Waals surface area (Å²) in [6.45, 7) is 4.73. The molecule has 1 atom stereocenters. The van der Waals surface area contributed by atoms with Crippen molar-refractivity contribution in [2.45, 2.75) is 181 Å². The van der Waals surface area contributed by atoms with Gasteiger partial charge in [0.25, 0.3) is 0 Å². The van der Waals surface area contributed by atoms with Crippen molar-refractivity contribution in [2.24, 2.45) is 5.92 Å². The van der Waals surface area contributed by atoms with E-state index in [2.05, 4.69) is 20.4 Å². The lowest BCUT2D eigenvalue weighted by atomic mass is 9.95. The van der Waals surface area contributed by atoms with E-state index in [1.54, 1.807) is 0 Å². The Labute approximate surface area is 214 Å². The summed E-state index contributed by atoms with van der Waals surface area (Å²) in [6, 6.07) is 1.10. The molecule has 3 heteroatoms. The molecule has 0 aliphatic carbocycles. The van der Waals surface area contributed by atoms with Crippen molar-refractivity contribution in [2.75, 3.05) is 0 Å². The highest BCUT2D eigenvalue weighted by Gasteiger charge is 2.25. The van der Waals surface area contributed by atoms with E-state index in [0.29, 0.717) is 0 Å². The summed E-state index contributed by atoms with van der Waals surface area (Å²) >= 11 is 13.0. The SMILES string of the molecule is CCCCCCCCCCCCCCC(CCCCCCCCCCCC)C[Si](C)(Cl)Cl. The summed E-state index contributed by atoms with van der Waals surface area (Å²) in [7, 11) is 0. The normalized spacial score (nSPS) is 13.0. The molecule has 0 aromatic rings. The van der Waals surface area contributed by atoms with Crippen LogP contribution in [0.3, 0.4) is 0 Å². The zero-order valence-corrected chi connectivity index (χ0v) is 25.0. The molecule has 0 aliphatic rings. The molecule has 0 aliphatic heterocycles. The minimum Gasteiger partial charge on any atom is -0.146 e. The van der Waals surface area contributed by atoms with Crippen LogP contribution in [0.1, 0.15) is 168 Å². The molecule has 0 aromatic heterocycles. The first kappa shape index (κ1) is 32.8. The average molecular weight is 508 g/mol. The molecule has 194 valence electrons. The van der Waals surface area contributed by atoms with Crippen molar-refractivity contribution in [1.29, 1.82) is 0 Å². The zero-order chi connectivity index (χ0) is 23.8. The standard InChI is InChI=1S/C29H60Cl2Si/c1-4-6-8-10-12-14-16-17-19-21-23-25-27-29(28-32(3,30)31)26-24-22-20-18-15-13-11-9-7-5-2/h29H,4-28H2,1-3H3. The first-order valence-corrected chi connectivity index (χ1v) is 19.6. The molecule has 0 saturated carbocycles. The summed E-state index contributed by atoms with van der Waals surface area (Å²) < 4.78 is 0. The van der Waals surface area contributed by atoms with Gasteiger partial charge in [0.15, 0.2) is 0 Å². The lowest BCUT2D eigenvalue weighted by Crippen LogP contribution is -2.18. The molecule has 0 saturated heterocycles. The van der Waals surface area contributed by atoms with E-state index in [0.717, 1.165) is 12.0 Å². The third kappa shape index (κ3) is 27.0. The molecule has 0 bridgehead atoms. The molecule has 0 heterocycles. The Bertz CT molecular complexity index is 354. The second-order valence-electron chi connectivity index (χ2n) is 10.8. The molecular formula is C29H60Cl2Si. The van der Waals surface area contributed by atoms with Crippen LogP contribution in [-0.4, -0.2) is 6.69 Å². The van der Waals surface area contributed by atoms with Gasteiger partial charge in [-0.15, -0.1) is 22.2 Å². The van der Waals surface area contributed by atoms with Crippen LogP contribution in [0.5, 0.6) is 0 Å². The van der Waals surface area contributed by atoms with Gasteiger partial charge in [-0.1, -0.05) is 168 Å². The van der Waals surface area contributed by atoms with Crippen molar-refractivity contribution in [3.63, 3.8) is 0 Å². The van der Waals surface area contributed by atoms with Gasteiger partial charge in [-0.05, 0) is 18.5 Å². The Morgan fingerprint density at radius 2 is 0.688 bits per heavy atom. The van der Waals surface area contributed by atoms with Crippen LogP contribution < -0.4 is 0 Å². The topological polar surface area (TPSA) is 0 Å². The summed E-state index contributed by atoms with van der Waals surface area (Å²) in [5, 5.41) is 0. The van der Waals surface area contributed by atoms with Crippen LogP contribution in [0.15, 0.2) is 0 Å². The summed E-state index contributed by atoms with van der Waals surface area (Å²) in [4.78, 5) is 0. The molecular weight excluding hydrogens is 447 g/mol. The number of unbranched alkanes of at least 4 members (excludes halogenated alkanes) is 20. The Balaban J connectivity index is 3.66. The molecule has 0 aromatic carbocycles. The Morgan fingerprint density at radius 3 is 0.938 bits per heavy atom. The monoisotopic (exact) mass is 506 g/mol. The number of hydrogen-bond acceptors (Lipinski definition) is 0. The predicted octanol–water partition coefficient (Wildman–Crippen LogP) is 12.6. The molecule has 0 fully saturated rings. The van der Waals surface area contributed by atoms with Gasteiger partial charge < -0.3 is 0 Å². The Kier molecular flexibility index (Phi) is 25.5. The van der Waals surface area contributed by atoms with Gasteiger partial charge in [0.1, 0.15) is 0 Å². The highest BCUT2D eigenvalue weighted by Crippen LogP contribution is 2.31. The van der Waals surface area contributed by atoms with Gasteiger partial charge in [-0.2, -0.15) is 0 Å². The van der Waals surface area contributed by atoms with Gasteiger partial charge in [0, 0.05) is 0 Å². The minimum atomic E-state index is -1.98. The predicted molar refractivity (Wildman–Crippen MR) is 154 cm³/mol. The van der Waals surface area contributed by atoms with Gasteiger partial charge in [0.2, 0.25) is 6.69 Å². The zero-order valence-electron chi connectivity index (χ0n) is 22.5. The molecule has 1 unspecified atom stereocenters. The fourth-order valence-corrected chi connectivity index (χ4v) is 7.78. The van der Waals surface area contributed by atoms with E-state index in [9.17, 15) is 0 Å². The highest BCUT2D eigenvalue weighted by atomic mass is 35.7. The molecule has 0 radical (unpaired) electrons. The fourth-order valence-electron chi connectivity index (χ4n) is 5.05. The van der Waals surface area contributed by atoms with Gasteiger partial charge in [0.05, 0.1) is 0 Å². The first-order valence-electron chi connectivity index (χ1n) is 14.9. The second-order valence-corrected chi connectivity index (χ2v) is 18.9. The minimum absolute atomic E-state index is 0.777. The van der Waals surface area contributed by atoms with Gasteiger partial charge in [-0.3, -0.25) is 0 Å². The van der Waals surface area contributed by atoms with Crippen LogP contribution in [0.4, 0.5) is 0 Å². The molecule has 0 N–H and O–H groups in total. The van der Waals surface area contributed by atoms with E-state index >= 15 is 0 Å². The largest absolute Gasteiger partial charge is 0.248 e. The molecule has 0 nitrogen and oxygen atoms in total.